The van der Waals surface area contributed by atoms with E-state index in [9.17, 15) is 0 Å². The first-order valence-corrected chi connectivity index (χ1v) is 7.34. The molecule has 0 spiro atoms. The second-order valence-electron chi connectivity index (χ2n) is 5.47. The molecule has 0 bridgehead atoms. The molecule has 2 aromatic carbocycles. The van der Waals surface area contributed by atoms with E-state index in [1.165, 1.54) is 5.56 Å². The number of nitrogens with zero attached hydrogens (tertiary/aromatic N) is 3. The summed E-state index contributed by atoms with van der Waals surface area (Å²) in [6.07, 6.45) is 0. The Bertz CT molecular complexity index is 762. The molecule has 0 saturated heterocycles. The van der Waals surface area contributed by atoms with Crippen LogP contribution in [0.4, 0.5) is 0 Å². The van der Waals surface area contributed by atoms with Crippen LogP contribution < -0.4 is 0 Å². The zero-order valence-corrected chi connectivity index (χ0v) is 13.0. The number of hydrogen-bond donors (Lipinski definition) is 0. The van der Waals surface area contributed by atoms with Crippen molar-refractivity contribution in [1.29, 1.82) is 0 Å². The summed E-state index contributed by atoms with van der Waals surface area (Å²) in [5.41, 5.74) is 3.39. The molecule has 3 rings (SSSR count). The third-order valence-corrected chi connectivity index (χ3v) is 3.66. The minimum Gasteiger partial charge on any atom is -0.322 e. The van der Waals surface area contributed by atoms with Crippen molar-refractivity contribution in [3.8, 4) is 0 Å². The second kappa shape index (κ2) is 5.88. The van der Waals surface area contributed by atoms with Gasteiger partial charge in [0.05, 0.1) is 17.6 Å². The molecule has 1 aromatic heterocycles. The lowest BCUT2D eigenvalue weighted by Crippen LogP contribution is -2.16. The molecule has 108 valence electrons. The van der Waals surface area contributed by atoms with E-state index in [1.807, 2.05) is 24.3 Å². The summed E-state index contributed by atoms with van der Waals surface area (Å²) >= 11 is 6.09. The van der Waals surface area contributed by atoms with Gasteiger partial charge in [0.25, 0.3) is 0 Å². The van der Waals surface area contributed by atoms with Gasteiger partial charge in [-0.15, -0.1) is 0 Å². The van der Waals surface area contributed by atoms with E-state index in [-0.39, 0.29) is 0 Å². The van der Waals surface area contributed by atoms with Crippen LogP contribution in [-0.4, -0.2) is 28.5 Å². The first-order valence-electron chi connectivity index (χ1n) is 6.97. The first kappa shape index (κ1) is 14.1. The fourth-order valence-electron chi connectivity index (χ4n) is 2.52. The molecule has 0 fully saturated rings. The normalized spacial score (nSPS) is 11.4. The van der Waals surface area contributed by atoms with Crippen LogP contribution in [-0.2, 0) is 13.1 Å². The van der Waals surface area contributed by atoms with E-state index in [0.29, 0.717) is 0 Å². The van der Waals surface area contributed by atoms with Gasteiger partial charge in [0.15, 0.2) is 0 Å². The highest BCUT2D eigenvalue weighted by Gasteiger charge is 2.11. The largest absolute Gasteiger partial charge is 0.322 e. The zero-order chi connectivity index (χ0) is 14.8. The van der Waals surface area contributed by atoms with Crippen LogP contribution in [0.3, 0.4) is 0 Å². The minimum atomic E-state index is 0.770. The van der Waals surface area contributed by atoms with Gasteiger partial charge in [-0.1, -0.05) is 35.9 Å². The van der Waals surface area contributed by atoms with Crippen molar-refractivity contribution in [3.05, 3.63) is 64.9 Å². The smallest absolute Gasteiger partial charge is 0.124 e. The van der Waals surface area contributed by atoms with Crippen molar-refractivity contribution in [2.45, 2.75) is 13.1 Å². The number of aromatic nitrogens is 2. The Kier molecular flexibility index (Phi) is 3.95. The molecule has 0 radical (unpaired) electrons. The van der Waals surface area contributed by atoms with E-state index in [2.05, 4.69) is 47.8 Å². The van der Waals surface area contributed by atoms with Crippen LogP contribution in [0.2, 0.25) is 5.02 Å². The Morgan fingerprint density at radius 2 is 1.90 bits per heavy atom. The molecule has 0 amide bonds. The lowest BCUT2D eigenvalue weighted by atomic mass is 10.2. The van der Waals surface area contributed by atoms with Crippen molar-refractivity contribution in [1.82, 2.24) is 14.5 Å². The van der Waals surface area contributed by atoms with E-state index < -0.39 is 0 Å². The Hall–Kier alpha value is -1.84. The molecule has 0 unspecified atom stereocenters. The molecule has 0 saturated carbocycles. The van der Waals surface area contributed by atoms with Gasteiger partial charge in [0.2, 0.25) is 0 Å². The van der Waals surface area contributed by atoms with Gasteiger partial charge in [0, 0.05) is 11.6 Å². The summed E-state index contributed by atoms with van der Waals surface area (Å²) in [6, 6.07) is 16.3. The molecular weight excluding hydrogens is 282 g/mol. The topological polar surface area (TPSA) is 21.1 Å². The highest BCUT2D eigenvalue weighted by Crippen LogP contribution is 2.20. The van der Waals surface area contributed by atoms with Crippen molar-refractivity contribution in [2.24, 2.45) is 0 Å². The lowest BCUT2D eigenvalue weighted by Gasteiger charge is -2.13. The zero-order valence-electron chi connectivity index (χ0n) is 12.3. The maximum absolute atomic E-state index is 6.09. The van der Waals surface area contributed by atoms with Crippen molar-refractivity contribution >= 4 is 22.6 Å². The summed E-state index contributed by atoms with van der Waals surface area (Å²) in [5.74, 6) is 1.07. The van der Waals surface area contributed by atoms with Gasteiger partial charge in [0.1, 0.15) is 5.82 Å². The van der Waals surface area contributed by atoms with Gasteiger partial charge < -0.3 is 9.47 Å². The summed E-state index contributed by atoms with van der Waals surface area (Å²) < 4.78 is 2.26. The number of benzene rings is 2. The molecule has 4 heteroatoms. The van der Waals surface area contributed by atoms with Gasteiger partial charge >= 0.3 is 0 Å². The fraction of sp³-hybridized carbons (Fsp3) is 0.235. The number of hydrogen-bond acceptors (Lipinski definition) is 2. The number of fused-ring (bicyclic) bond motifs is 1. The SMILES string of the molecule is CN(C)Cc1nc2ccccc2n1Cc1cccc(Cl)c1. The summed E-state index contributed by atoms with van der Waals surface area (Å²) in [4.78, 5) is 6.89. The standard InChI is InChI=1S/C17H18ClN3/c1-20(2)12-17-19-15-8-3-4-9-16(15)21(17)11-13-6-5-7-14(18)10-13/h3-10H,11-12H2,1-2H3. The lowest BCUT2D eigenvalue weighted by molar-refractivity contribution is 0.384. The maximum atomic E-state index is 6.09. The van der Waals surface area contributed by atoms with E-state index in [1.54, 1.807) is 0 Å². The van der Waals surface area contributed by atoms with Gasteiger partial charge in [-0.2, -0.15) is 0 Å². The van der Waals surface area contributed by atoms with Crippen molar-refractivity contribution in [2.75, 3.05) is 14.1 Å². The number of halogens is 1. The third kappa shape index (κ3) is 3.09. The number of imidazole rings is 1. The van der Waals surface area contributed by atoms with Crippen LogP contribution in [0.15, 0.2) is 48.5 Å². The molecular formula is C17H18ClN3. The first-order chi connectivity index (χ1) is 10.1. The Morgan fingerprint density at radius 1 is 1.10 bits per heavy atom. The van der Waals surface area contributed by atoms with Crippen molar-refractivity contribution in [3.63, 3.8) is 0 Å². The average molecular weight is 300 g/mol. The Labute approximate surface area is 129 Å². The number of para-hydroxylation sites is 2. The minimum absolute atomic E-state index is 0.770. The average Bonchev–Trinajstić information content (AvgIpc) is 2.76. The monoisotopic (exact) mass is 299 g/mol. The quantitative estimate of drug-likeness (QED) is 0.730. The molecule has 0 atom stereocenters. The van der Waals surface area contributed by atoms with Crippen LogP contribution >= 0.6 is 11.6 Å². The van der Waals surface area contributed by atoms with Gasteiger partial charge in [-0.25, -0.2) is 4.98 Å². The molecule has 0 aliphatic rings. The Balaban J connectivity index is 2.06. The molecule has 3 nitrogen and oxygen atoms in total. The molecule has 1 heterocycles. The second-order valence-corrected chi connectivity index (χ2v) is 5.91. The Morgan fingerprint density at radius 3 is 2.67 bits per heavy atom. The van der Waals surface area contributed by atoms with Crippen LogP contribution in [0, 0.1) is 0 Å². The van der Waals surface area contributed by atoms with E-state index in [0.717, 1.165) is 35.0 Å². The predicted octanol–water partition coefficient (Wildman–Crippen LogP) is 3.80. The van der Waals surface area contributed by atoms with Crippen molar-refractivity contribution < 1.29 is 0 Å². The van der Waals surface area contributed by atoms with Crippen LogP contribution in [0.5, 0.6) is 0 Å². The van der Waals surface area contributed by atoms with E-state index >= 15 is 0 Å². The maximum Gasteiger partial charge on any atom is 0.124 e. The summed E-state index contributed by atoms with van der Waals surface area (Å²) in [7, 11) is 4.12. The third-order valence-electron chi connectivity index (χ3n) is 3.42. The van der Waals surface area contributed by atoms with Crippen LogP contribution in [0.1, 0.15) is 11.4 Å². The molecule has 0 N–H and O–H groups in total. The molecule has 0 aliphatic heterocycles. The molecule has 3 aromatic rings. The molecule has 0 aliphatic carbocycles. The summed E-state index contributed by atoms with van der Waals surface area (Å²) in [5, 5.41) is 0.770. The highest BCUT2D eigenvalue weighted by molar-refractivity contribution is 6.30. The fourth-order valence-corrected chi connectivity index (χ4v) is 2.74. The summed E-state index contributed by atoms with van der Waals surface area (Å²) in [6.45, 7) is 1.60. The van der Waals surface area contributed by atoms with Gasteiger partial charge in [-0.05, 0) is 43.9 Å². The highest BCUT2D eigenvalue weighted by atomic mass is 35.5. The predicted molar refractivity (Wildman–Crippen MR) is 87.7 cm³/mol. The van der Waals surface area contributed by atoms with Gasteiger partial charge in [-0.3, -0.25) is 0 Å². The van der Waals surface area contributed by atoms with Crippen LogP contribution in [0.25, 0.3) is 11.0 Å². The number of rotatable bonds is 4. The molecule has 21 heavy (non-hydrogen) atoms. The van der Waals surface area contributed by atoms with E-state index in [4.69, 9.17) is 16.6 Å².